The van der Waals surface area contributed by atoms with Crippen LogP contribution in [0, 0.1) is 50.7 Å². The van der Waals surface area contributed by atoms with Gasteiger partial charge in [0.05, 0.1) is 30.5 Å². The number of carbonyl (C=O) groups is 3. The van der Waals surface area contributed by atoms with Crippen molar-refractivity contribution in [3.8, 4) is 38.8 Å². The van der Waals surface area contributed by atoms with Crippen molar-refractivity contribution < 1.29 is 46.5 Å². The highest BCUT2D eigenvalue weighted by Gasteiger charge is 2.74. The minimum atomic E-state index is -4.79. The maximum absolute atomic E-state index is 17.2. The van der Waals surface area contributed by atoms with Crippen LogP contribution < -0.4 is 21.9 Å². The Morgan fingerprint density at radius 3 is 1.85 bits per heavy atom. The number of thiophene rings is 2. The first-order valence-electron chi connectivity index (χ1n) is 34.3. The van der Waals surface area contributed by atoms with E-state index in [1.165, 1.54) is 22.7 Å². The van der Waals surface area contributed by atoms with E-state index in [9.17, 15) is 23.7 Å². The van der Waals surface area contributed by atoms with Gasteiger partial charge in [0.2, 0.25) is 0 Å². The van der Waals surface area contributed by atoms with Gasteiger partial charge in [-0.25, -0.2) is 15.0 Å². The predicted molar refractivity (Wildman–Crippen MR) is 362 cm³/mol. The molecule has 97 heavy (non-hydrogen) atoms. The van der Waals surface area contributed by atoms with Crippen LogP contribution in [0.5, 0.6) is 5.75 Å². The summed E-state index contributed by atoms with van der Waals surface area (Å²) in [6.45, 7) is 2.80. The first kappa shape index (κ1) is 65.3. The number of alkyl halides is 3. The van der Waals surface area contributed by atoms with Gasteiger partial charge in [0.25, 0.3) is 17.7 Å². The van der Waals surface area contributed by atoms with Gasteiger partial charge in [-0.1, -0.05) is 36.8 Å². The molecule has 3 aromatic carbocycles. The summed E-state index contributed by atoms with van der Waals surface area (Å²) in [5.41, 5.74) is 20.6. The number of hydrogen-bond acceptors (Lipinski definition) is 17. The van der Waals surface area contributed by atoms with Crippen molar-refractivity contribution in [1.29, 1.82) is 10.5 Å². The fraction of sp³-hybridized carbons (Fsp3) is 0.541. The Labute approximate surface area is 571 Å². The van der Waals surface area contributed by atoms with Crippen molar-refractivity contribution in [2.75, 3.05) is 34.5 Å². The standard InChI is InChI=1S/C74H82F3N11O7S2/c1-41(87-63(90)72(84-66(87)81)56-30-45(60-16-14-54(37-79)97-60)9-11-47(56)34-68(72)22-17-50(92-3)18-23-68)27-49-32-52(94-5)21-26-70(49)35-48-12-10-46(61-29-44(36-78)39-96-61)31-57(48)73(70)64(91)88(67(82)85-73)42(2)28-58-55-15-13-53(95-38-43-7-6-8-43)33-59(55)74(69(58)24-19-51(93-4)20-25-69)62(89)86(65(80)83-74)40-71(75,76)77/h9-16,29-31,33,39,41-43,49-52,58H,6-8,17-28,32,34-35,38,40H2,1-5H3,(H2,80,83)(H2,81,84)(H2,82,85)/t41?,42?,49?,50?,51?,52-,58?,68?,69?,70+,72?,73?,74?/m0/s1. The maximum atomic E-state index is 17.2. The van der Waals surface area contributed by atoms with Crippen molar-refractivity contribution in [3.05, 3.63) is 122 Å². The van der Waals surface area contributed by atoms with Gasteiger partial charge < -0.3 is 36.1 Å². The number of amides is 3. The van der Waals surface area contributed by atoms with E-state index in [1.54, 1.807) is 37.2 Å². The summed E-state index contributed by atoms with van der Waals surface area (Å²) < 4.78 is 68.5. The van der Waals surface area contributed by atoms with E-state index in [0.29, 0.717) is 127 Å². The van der Waals surface area contributed by atoms with Crippen LogP contribution >= 0.6 is 22.7 Å². The van der Waals surface area contributed by atoms with Crippen LogP contribution in [0.15, 0.2) is 93.2 Å². The largest absolute Gasteiger partial charge is 0.493 e. The summed E-state index contributed by atoms with van der Waals surface area (Å²) in [5.74, 6) is -1.84. The Morgan fingerprint density at radius 1 is 0.639 bits per heavy atom. The van der Waals surface area contributed by atoms with Gasteiger partial charge in [-0.05, 0) is 228 Å². The van der Waals surface area contributed by atoms with Crippen LogP contribution in [-0.4, -0.2) is 121 Å². The first-order valence-corrected chi connectivity index (χ1v) is 36.0. The van der Waals surface area contributed by atoms with E-state index in [2.05, 4.69) is 36.4 Å². The number of hydrogen-bond donors (Lipinski definition) is 3. The normalized spacial score (nSPS) is 32.5. The van der Waals surface area contributed by atoms with Gasteiger partial charge in [-0.3, -0.25) is 29.1 Å². The van der Waals surface area contributed by atoms with Crippen LogP contribution in [0.2, 0.25) is 0 Å². The van der Waals surface area contributed by atoms with Crippen LogP contribution in [0.4, 0.5) is 13.2 Å². The fourth-order valence-electron chi connectivity index (χ4n) is 20.2. The Morgan fingerprint density at radius 2 is 1.23 bits per heavy atom. The predicted octanol–water partition coefficient (Wildman–Crippen LogP) is 11.8. The molecule has 7 aliphatic carbocycles. The zero-order chi connectivity index (χ0) is 67.9. The van der Waals surface area contributed by atoms with Crippen LogP contribution in [0.3, 0.4) is 0 Å². The van der Waals surface area contributed by atoms with E-state index in [0.717, 1.165) is 69.7 Å². The number of fused-ring (bicyclic) bond motifs is 9. The fourth-order valence-corrected chi connectivity index (χ4v) is 21.8. The van der Waals surface area contributed by atoms with Gasteiger partial charge in [0.1, 0.15) is 29.3 Å². The summed E-state index contributed by atoms with van der Waals surface area (Å²) in [5, 5.41) is 21.7. The molecule has 3 amide bonds. The van der Waals surface area contributed by atoms with E-state index in [1.807, 2.05) is 61.7 Å². The molecule has 2 aromatic heterocycles. The third-order valence-electron chi connectivity index (χ3n) is 25.0. The number of benzene rings is 3. The minimum Gasteiger partial charge on any atom is -0.493 e. The lowest BCUT2D eigenvalue weighted by atomic mass is 9.54. The second kappa shape index (κ2) is 23.8. The van der Waals surface area contributed by atoms with Crippen molar-refractivity contribution in [3.63, 3.8) is 0 Å². The Kier molecular flexibility index (Phi) is 16.0. The van der Waals surface area contributed by atoms with E-state index in [-0.39, 0.29) is 54.4 Å². The van der Waals surface area contributed by atoms with Gasteiger partial charge in [-0.2, -0.15) is 23.7 Å². The third kappa shape index (κ3) is 9.64. The van der Waals surface area contributed by atoms with E-state index < -0.39 is 75.5 Å². The molecule has 4 fully saturated rings. The molecular weight excluding hydrogens is 1280 g/mol. The zero-order valence-electron chi connectivity index (χ0n) is 55.4. The van der Waals surface area contributed by atoms with Crippen LogP contribution in [0.25, 0.3) is 20.9 Å². The number of nitrogens with zero attached hydrogens (tertiary/aromatic N) is 8. The first-order chi connectivity index (χ1) is 46.5. The molecule has 0 bridgehead atoms. The zero-order valence-corrected chi connectivity index (χ0v) is 57.0. The molecule has 508 valence electrons. The number of rotatable bonds is 15. The molecule has 23 heteroatoms. The molecule has 18 nitrogen and oxygen atoms in total. The number of nitrogens with two attached hydrogens (primary N) is 3. The second-order valence-corrected chi connectivity index (χ2v) is 31.4. The molecule has 5 heterocycles. The topological polar surface area (TPSA) is 261 Å². The molecule has 9 atom stereocenters. The van der Waals surface area contributed by atoms with Gasteiger partial charge in [0, 0.05) is 64.8 Å². The number of nitriles is 2. The quantitative estimate of drug-likeness (QED) is 0.0884. The molecule has 6 N–H and O–H groups in total. The summed E-state index contributed by atoms with van der Waals surface area (Å²) in [6.07, 6.45) is 5.68. The van der Waals surface area contributed by atoms with Crippen molar-refractivity contribution in [2.45, 2.75) is 189 Å². The SMILES string of the molecule is COC1CCC2(CC1)Cc1ccc(-c3ccc(C#N)s3)cc1C21N=C(N)N(C(C)CC2C[C@@H](OC)CC[C@@]23Cc2ccc(-c4cc(C#N)cs4)cc2C32N=C(N)N(C(C)CC3c4ccc(OCC5CCC5)cc4C4(N=C(N)N(CC(F)(F)F)C4=O)C34CCC(OC)CC4)C2=O)C1=O. The lowest BCUT2D eigenvalue weighted by molar-refractivity contribution is -0.159. The minimum absolute atomic E-state index is 0.00579. The summed E-state index contributed by atoms with van der Waals surface area (Å²) in [7, 11) is 5.08. The molecule has 6 spiro atoms. The smallest absolute Gasteiger partial charge is 0.406 e. The van der Waals surface area contributed by atoms with Crippen molar-refractivity contribution in [1.82, 2.24) is 14.7 Å². The monoisotopic (exact) mass is 1360 g/mol. The molecular formula is C74H82F3N11O7S2. The average Bonchev–Trinajstić information content (AvgIpc) is 1.52. The molecule has 10 aliphatic rings. The highest BCUT2D eigenvalue weighted by atomic mass is 32.1. The molecule has 4 saturated carbocycles. The molecule has 0 radical (unpaired) electrons. The van der Waals surface area contributed by atoms with Gasteiger partial charge in [0.15, 0.2) is 34.5 Å². The highest BCUT2D eigenvalue weighted by molar-refractivity contribution is 7.16. The summed E-state index contributed by atoms with van der Waals surface area (Å²) in [4.78, 5) is 71.5. The Hall–Kier alpha value is -7.67. The Balaban J connectivity index is 0.821. The lowest BCUT2D eigenvalue weighted by Gasteiger charge is -2.52. The highest BCUT2D eigenvalue weighted by Crippen LogP contribution is 2.71. The number of ether oxygens (including phenoxy) is 4. The average molecular weight is 1360 g/mol. The second-order valence-electron chi connectivity index (χ2n) is 29.5. The van der Waals surface area contributed by atoms with Crippen molar-refractivity contribution in [2.24, 2.45) is 60.3 Å². The van der Waals surface area contributed by atoms with Crippen LogP contribution in [0.1, 0.15) is 166 Å². The number of guanidine groups is 3. The maximum Gasteiger partial charge on any atom is 0.406 e. The molecule has 3 aliphatic heterocycles. The molecule has 7 unspecified atom stereocenters. The van der Waals surface area contributed by atoms with Crippen LogP contribution in [-0.2, 0) is 58.1 Å². The molecule has 0 saturated heterocycles. The van der Waals surface area contributed by atoms with E-state index in [4.69, 9.17) is 51.1 Å². The van der Waals surface area contributed by atoms with E-state index >= 15 is 14.4 Å². The number of halogens is 3. The Bertz CT molecular complexity index is 4230. The summed E-state index contributed by atoms with van der Waals surface area (Å²) in [6, 6.07) is 26.9. The van der Waals surface area contributed by atoms with Crippen molar-refractivity contribution >= 4 is 58.3 Å². The molecule has 5 aromatic rings. The van der Waals surface area contributed by atoms with Gasteiger partial charge >= 0.3 is 6.18 Å². The third-order valence-corrected chi connectivity index (χ3v) is 27.0. The molecule has 15 rings (SSSR count). The number of carbonyl (C=O) groups excluding carboxylic acids is 3. The summed E-state index contributed by atoms with van der Waals surface area (Å²) >= 11 is 2.83. The van der Waals surface area contributed by atoms with Gasteiger partial charge in [-0.15, -0.1) is 22.7 Å². The number of methoxy groups -OCH3 is 3. The lowest BCUT2D eigenvalue weighted by Crippen LogP contribution is -2.59. The number of aliphatic imine (C=N–C) groups is 3.